The first kappa shape index (κ1) is 18.8. The molecule has 128 valence electrons. The molecule has 2 rings (SSSR count). The van der Waals surface area contributed by atoms with E-state index in [9.17, 15) is 0 Å². The Balaban J connectivity index is 2.22. The number of aryl methyl sites for hydroxylation is 2. The van der Waals surface area contributed by atoms with Crippen LogP contribution in [0.15, 0.2) is 10.7 Å². The molecular formula is C16H26BrN3OSSi. The molecule has 0 fully saturated rings. The number of hydrogen-bond donors (Lipinski definition) is 0. The van der Waals surface area contributed by atoms with Crippen molar-refractivity contribution in [2.75, 3.05) is 0 Å². The fraction of sp³-hybridized carbons (Fsp3) is 0.625. The Labute approximate surface area is 152 Å². The van der Waals surface area contributed by atoms with E-state index >= 15 is 0 Å². The molecular weight excluding hydrogens is 390 g/mol. The molecule has 0 N–H and O–H groups in total. The van der Waals surface area contributed by atoms with Crippen LogP contribution in [0, 0.1) is 6.92 Å². The third-order valence-corrected chi connectivity index (χ3v) is 10.9. The number of nitrogens with zero attached hydrogens (tertiary/aromatic N) is 3. The van der Waals surface area contributed by atoms with Crippen LogP contribution in [0.3, 0.4) is 0 Å². The summed E-state index contributed by atoms with van der Waals surface area (Å²) >= 11 is 5.28. The van der Waals surface area contributed by atoms with Gasteiger partial charge in [-0.25, -0.2) is 4.98 Å². The Hall–Kier alpha value is -0.503. The summed E-state index contributed by atoms with van der Waals surface area (Å²) in [5.41, 5.74) is 2.10. The van der Waals surface area contributed by atoms with Gasteiger partial charge in [0.2, 0.25) is 0 Å². The molecule has 0 aliphatic rings. The Morgan fingerprint density at radius 1 is 1.35 bits per heavy atom. The Bertz CT molecular complexity index is 688. The van der Waals surface area contributed by atoms with Gasteiger partial charge in [-0.2, -0.15) is 5.10 Å². The highest BCUT2D eigenvalue weighted by Gasteiger charge is 2.37. The van der Waals surface area contributed by atoms with Gasteiger partial charge in [-0.05, 0) is 54.0 Å². The van der Waals surface area contributed by atoms with Gasteiger partial charge in [-0.1, -0.05) is 20.8 Å². The van der Waals surface area contributed by atoms with E-state index in [1.165, 1.54) is 0 Å². The van der Waals surface area contributed by atoms with Crippen LogP contribution in [-0.4, -0.2) is 23.1 Å². The molecule has 0 saturated heterocycles. The topological polar surface area (TPSA) is 39.9 Å². The van der Waals surface area contributed by atoms with Crippen LogP contribution in [0.25, 0.3) is 10.7 Å². The van der Waals surface area contributed by atoms with Crippen LogP contribution in [0.1, 0.15) is 38.3 Å². The highest BCUT2D eigenvalue weighted by Crippen LogP contribution is 2.39. The average molecular weight is 416 g/mol. The third kappa shape index (κ3) is 4.13. The predicted octanol–water partition coefficient (Wildman–Crippen LogP) is 5.62. The summed E-state index contributed by atoms with van der Waals surface area (Å²) in [5.74, 6) is 0. The Morgan fingerprint density at radius 3 is 2.57 bits per heavy atom. The fourth-order valence-corrected chi connectivity index (χ4v) is 4.53. The zero-order valence-corrected chi connectivity index (χ0v) is 18.4. The first-order valence-corrected chi connectivity index (χ1v) is 12.4. The smallest absolute Gasteiger partial charge is 0.192 e. The number of thiazole rings is 1. The first-order valence-electron chi connectivity index (χ1n) is 7.89. The number of rotatable bonds is 5. The highest BCUT2D eigenvalue weighted by atomic mass is 79.9. The van der Waals surface area contributed by atoms with Crippen molar-refractivity contribution in [3.05, 3.63) is 21.2 Å². The zero-order chi connectivity index (χ0) is 17.4. The highest BCUT2D eigenvalue weighted by molar-refractivity contribution is 9.10. The van der Waals surface area contributed by atoms with E-state index < -0.39 is 8.32 Å². The lowest BCUT2D eigenvalue weighted by atomic mass is 10.2. The van der Waals surface area contributed by atoms with E-state index in [0.29, 0.717) is 6.61 Å². The summed E-state index contributed by atoms with van der Waals surface area (Å²) in [5, 5.41) is 5.71. The molecule has 0 bridgehead atoms. The summed E-state index contributed by atoms with van der Waals surface area (Å²) in [6, 6.07) is 2.09. The Kier molecular flexibility index (Phi) is 5.55. The molecule has 2 aromatic rings. The van der Waals surface area contributed by atoms with Gasteiger partial charge < -0.3 is 4.43 Å². The van der Waals surface area contributed by atoms with Crippen molar-refractivity contribution in [1.29, 1.82) is 0 Å². The van der Waals surface area contributed by atoms with E-state index in [1.807, 2.05) is 11.6 Å². The maximum absolute atomic E-state index is 6.33. The lowest BCUT2D eigenvalue weighted by Gasteiger charge is -2.36. The summed E-state index contributed by atoms with van der Waals surface area (Å²) in [4.78, 5) is 5.82. The summed E-state index contributed by atoms with van der Waals surface area (Å²) in [6.07, 6.45) is 0. The number of aromatic nitrogens is 3. The maximum atomic E-state index is 6.33. The second-order valence-corrected chi connectivity index (χ2v) is 13.9. The van der Waals surface area contributed by atoms with Gasteiger partial charge in [-0.3, -0.25) is 4.68 Å². The van der Waals surface area contributed by atoms with Crippen molar-refractivity contribution in [2.45, 2.75) is 65.9 Å². The zero-order valence-electron chi connectivity index (χ0n) is 15.0. The second kappa shape index (κ2) is 6.78. The second-order valence-electron chi connectivity index (χ2n) is 7.27. The van der Waals surface area contributed by atoms with Crippen molar-refractivity contribution < 1.29 is 4.43 Å². The molecule has 2 aromatic heterocycles. The minimum Gasteiger partial charge on any atom is -0.412 e. The minimum absolute atomic E-state index is 0.213. The van der Waals surface area contributed by atoms with Crippen molar-refractivity contribution in [3.63, 3.8) is 0 Å². The molecule has 0 aromatic carbocycles. The fourth-order valence-electron chi connectivity index (χ4n) is 1.95. The molecule has 0 aliphatic heterocycles. The van der Waals surface area contributed by atoms with Gasteiger partial charge >= 0.3 is 0 Å². The summed E-state index contributed by atoms with van der Waals surface area (Å²) in [7, 11) is -1.75. The molecule has 7 heteroatoms. The van der Waals surface area contributed by atoms with E-state index in [2.05, 4.69) is 72.9 Å². The molecule has 0 saturated carbocycles. The molecule has 2 heterocycles. The number of hydrogen-bond acceptors (Lipinski definition) is 4. The Morgan fingerprint density at radius 2 is 2.00 bits per heavy atom. The van der Waals surface area contributed by atoms with Crippen molar-refractivity contribution in [1.82, 2.24) is 14.8 Å². The largest absolute Gasteiger partial charge is 0.412 e. The lowest BCUT2D eigenvalue weighted by molar-refractivity contribution is 0.278. The van der Waals surface area contributed by atoms with E-state index in [-0.39, 0.29) is 5.04 Å². The average Bonchev–Trinajstić information content (AvgIpc) is 2.98. The molecule has 0 radical (unpaired) electrons. The molecule has 0 unspecified atom stereocenters. The normalized spacial score (nSPS) is 12.9. The van der Waals surface area contributed by atoms with Gasteiger partial charge in [0.05, 0.1) is 22.9 Å². The monoisotopic (exact) mass is 415 g/mol. The van der Waals surface area contributed by atoms with Gasteiger partial charge in [0.25, 0.3) is 0 Å². The van der Waals surface area contributed by atoms with Gasteiger partial charge in [-0.15, -0.1) is 11.3 Å². The van der Waals surface area contributed by atoms with Crippen molar-refractivity contribution in [3.8, 4) is 10.7 Å². The van der Waals surface area contributed by atoms with Crippen molar-refractivity contribution >= 4 is 35.6 Å². The molecule has 0 spiro atoms. The lowest BCUT2D eigenvalue weighted by Crippen LogP contribution is -2.40. The van der Waals surface area contributed by atoms with Gasteiger partial charge in [0.15, 0.2) is 8.32 Å². The maximum Gasteiger partial charge on any atom is 0.192 e. The first-order chi connectivity index (χ1) is 10.5. The van der Waals surface area contributed by atoms with Crippen LogP contribution in [-0.2, 0) is 17.6 Å². The summed E-state index contributed by atoms with van der Waals surface area (Å²) < 4.78 is 9.21. The van der Waals surface area contributed by atoms with Crippen LogP contribution >= 0.6 is 27.3 Å². The van der Waals surface area contributed by atoms with E-state index in [0.717, 1.165) is 32.4 Å². The SMILES string of the molecule is CCn1nc(C)cc1-c1nc(Br)c(CO[Si](C)(C)C(C)(C)C)s1. The molecule has 23 heavy (non-hydrogen) atoms. The number of halogens is 1. The van der Waals surface area contributed by atoms with E-state index in [1.54, 1.807) is 11.3 Å². The van der Waals surface area contributed by atoms with Crippen LogP contribution in [0.4, 0.5) is 0 Å². The molecule has 0 atom stereocenters. The van der Waals surface area contributed by atoms with Gasteiger partial charge in [0, 0.05) is 6.54 Å². The predicted molar refractivity (Wildman–Crippen MR) is 103 cm³/mol. The van der Waals surface area contributed by atoms with Crippen molar-refractivity contribution in [2.24, 2.45) is 0 Å². The minimum atomic E-state index is -1.75. The molecule has 0 aliphatic carbocycles. The van der Waals surface area contributed by atoms with E-state index in [4.69, 9.17) is 4.43 Å². The van der Waals surface area contributed by atoms with Gasteiger partial charge in [0.1, 0.15) is 9.61 Å². The third-order valence-electron chi connectivity index (χ3n) is 4.44. The summed E-state index contributed by atoms with van der Waals surface area (Å²) in [6.45, 7) is 16.9. The molecule has 4 nitrogen and oxygen atoms in total. The molecule has 0 amide bonds. The quantitative estimate of drug-likeness (QED) is 0.594. The van der Waals surface area contributed by atoms with Crippen LogP contribution < -0.4 is 0 Å². The standard InChI is InChI=1S/C16H26BrN3OSSi/c1-8-20-12(9-11(2)19-20)15-18-14(17)13(22-15)10-21-23(6,7)16(3,4)5/h9H,8,10H2,1-7H3. The van der Waals surface area contributed by atoms with Crippen LogP contribution in [0.2, 0.25) is 18.1 Å². The van der Waals surface area contributed by atoms with Crippen LogP contribution in [0.5, 0.6) is 0 Å².